The highest BCUT2D eigenvalue weighted by molar-refractivity contribution is 6.46. The fraction of sp³-hybridized carbons (Fsp3) is 0.440. The quantitative estimate of drug-likeness (QED) is 0.204. The monoisotopic (exact) mass is 426 g/mol. The van der Waals surface area contributed by atoms with Gasteiger partial charge in [0.1, 0.15) is 11.5 Å². The minimum atomic E-state index is -1.37. The SMILES string of the molecule is CCCCCCCCCCc1ccc2c(c1)OC(c1cc(O)c(O)cc1O)C(=O)C2=O. The van der Waals surface area contributed by atoms with Crippen molar-refractivity contribution >= 4 is 11.6 Å². The van der Waals surface area contributed by atoms with E-state index in [4.69, 9.17) is 4.74 Å². The second-order valence-electron chi connectivity index (χ2n) is 8.15. The number of aromatic hydroxyl groups is 3. The van der Waals surface area contributed by atoms with Crippen LogP contribution in [0.1, 0.15) is 85.9 Å². The Hall–Kier alpha value is -3.02. The molecule has 1 aliphatic heterocycles. The van der Waals surface area contributed by atoms with Gasteiger partial charge >= 0.3 is 0 Å². The Bertz CT molecular complexity index is 949. The Morgan fingerprint density at radius 1 is 0.806 bits per heavy atom. The largest absolute Gasteiger partial charge is 0.507 e. The molecule has 0 aromatic heterocycles. The van der Waals surface area contributed by atoms with Crippen molar-refractivity contribution in [3.8, 4) is 23.0 Å². The number of phenols is 3. The van der Waals surface area contributed by atoms with E-state index >= 15 is 0 Å². The highest BCUT2D eigenvalue weighted by atomic mass is 16.5. The average molecular weight is 427 g/mol. The van der Waals surface area contributed by atoms with Crippen molar-refractivity contribution in [2.45, 2.75) is 70.8 Å². The number of benzene rings is 2. The van der Waals surface area contributed by atoms with Crippen molar-refractivity contribution in [3.63, 3.8) is 0 Å². The highest BCUT2D eigenvalue weighted by Gasteiger charge is 2.38. The maximum atomic E-state index is 12.6. The molecule has 2 aromatic carbocycles. The lowest BCUT2D eigenvalue weighted by Gasteiger charge is -2.25. The Morgan fingerprint density at radius 3 is 2.16 bits per heavy atom. The van der Waals surface area contributed by atoms with Crippen LogP contribution in [0, 0.1) is 0 Å². The lowest BCUT2D eigenvalue weighted by molar-refractivity contribution is -0.122. The fourth-order valence-corrected chi connectivity index (χ4v) is 3.90. The molecule has 166 valence electrons. The standard InChI is InChI=1S/C25H30O6/c1-2-3-4-5-6-7-8-9-10-16-11-12-17-22(13-16)31-25(24(30)23(17)29)18-14-20(27)21(28)15-19(18)26/h11-15,25-28H,2-10H2,1H3. The van der Waals surface area contributed by atoms with E-state index < -0.39 is 34.9 Å². The van der Waals surface area contributed by atoms with E-state index in [9.17, 15) is 24.9 Å². The Balaban J connectivity index is 1.66. The number of hydrogen-bond donors (Lipinski definition) is 3. The van der Waals surface area contributed by atoms with Gasteiger partial charge in [-0.3, -0.25) is 9.59 Å². The van der Waals surface area contributed by atoms with Gasteiger partial charge in [0.25, 0.3) is 0 Å². The van der Waals surface area contributed by atoms with Crippen LogP contribution in [-0.2, 0) is 11.2 Å². The number of phenolic OH excluding ortho intramolecular Hbond substituents is 3. The third kappa shape index (κ3) is 5.37. The van der Waals surface area contributed by atoms with E-state index in [0.29, 0.717) is 5.75 Å². The average Bonchev–Trinajstić information content (AvgIpc) is 2.75. The van der Waals surface area contributed by atoms with Gasteiger partial charge in [-0.15, -0.1) is 0 Å². The molecule has 0 aliphatic carbocycles. The van der Waals surface area contributed by atoms with E-state index in [2.05, 4.69) is 6.92 Å². The lowest BCUT2D eigenvalue weighted by Crippen LogP contribution is -2.31. The van der Waals surface area contributed by atoms with E-state index in [1.807, 2.05) is 6.07 Å². The first-order valence-electron chi connectivity index (χ1n) is 11.0. The molecule has 1 aliphatic rings. The molecule has 0 saturated heterocycles. The molecule has 1 unspecified atom stereocenters. The molecule has 1 heterocycles. The second kappa shape index (κ2) is 10.3. The zero-order chi connectivity index (χ0) is 22.4. The Morgan fingerprint density at radius 2 is 1.45 bits per heavy atom. The Labute approximate surface area is 182 Å². The summed E-state index contributed by atoms with van der Waals surface area (Å²) in [6.45, 7) is 2.21. The zero-order valence-corrected chi connectivity index (χ0v) is 17.9. The fourth-order valence-electron chi connectivity index (χ4n) is 3.90. The van der Waals surface area contributed by atoms with Crippen LogP contribution in [0.3, 0.4) is 0 Å². The van der Waals surface area contributed by atoms with Gasteiger partial charge < -0.3 is 20.1 Å². The number of aryl methyl sites for hydroxylation is 1. The number of ketones is 2. The molecular weight excluding hydrogens is 396 g/mol. The number of fused-ring (bicyclic) bond motifs is 1. The van der Waals surface area contributed by atoms with Crippen LogP contribution in [0.15, 0.2) is 30.3 Å². The first-order chi connectivity index (χ1) is 14.9. The van der Waals surface area contributed by atoms with Gasteiger partial charge in [0.05, 0.1) is 5.56 Å². The zero-order valence-electron chi connectivity index (χ0n) is 17.9. The smallest absolute Gasteiger partial charge is 0.248 e. The van der Waals surface area contributed by atoms with Crippen molar-refractivity contribution in [2.24, 2.45) is 0 Å². The summed E-state index contributed by atoms with van der Waals surface area (Å²) in [5.74, 6) is -2.70. The summed E-state index contributed by atoms with van der Waals surface area (Å²) in [6, 6.07) is 7.18. The number of rotatable bonds is 10. The van der Waals surface area contributed by atoms with Crippen LogP contribution >= 0.6 is 0 Å². The molecule has 1 atom stereocenters. The van der Waals surface area contributed by atoms with Crippen molar-refractivity contribution < 1.29 is 29.6 Å². The van der Waals surface area contributed by atoms with Gasteiger partial charge in [0.15, 0.2) is 17.6 Å². The molecule has 2 aromatic rings. The first kappa shape index (κ1) is 22.7. The van der Waals surface area contributed by atoms with Crippen LogP contribution in [0.5, 0.6) is 23.0 Å². The van der Waals surface area contributed by atoms with Crippen molar-refractivity contribution in [1.82, 2.24) is 0 Å². The molecule has 6 heteroatoms. The Kier molecular flexibility index (Phi) is 7.55. The molecule has 0 fully saturated rings. The molecule has 0 spiro atoms. The van der Waals surface area contributed by atoms with Gasteiger partial charge in [-0.05, 0) is 36.6 Å². The van der Waals surface area contributed by atoms with Gasteiger partial charge in [-0.25, -0.2) is 0 Å². The summed E-state index contributed by atoms with van der Waals surface area (Å²) in [7, 11) is 0. The molecule has 0 saturated carbocycles. The van der Waals surface area contributed by atoms with E-state index in [1.165, 1.54) is 38.5 Å². The van der Waals surface area contributed by atoms with Gasteiger partial charge in [0, 0.05) is 11.6 Å². The molecule has 6 nitrogen and oxygen atoms in total. The first-order valence-corrected chi connectivity index (χ1v) is 11.0. The number of Topliss-reactive ketones (excluding diaryl/α,β-unsaturated/α-hetero) is 2. The third-order valence-electron chi connectivity index (χ3n) is 5.72. The van der Waals surface area contributed by atoms with Crippen molar-refractivity contribution in [2.75, 3.05) is 0 Å². The summed E-state index contributed by atoms with van der Waals surface area (Å²) >= 11 is 0. The van der Waals surface area contributed by atoms with Gasteiger partial charge in [-0.2, -0.15) is 0 Å². The van der Waals surface area contributed by atoms with Crippen LogP contribution in [0.4, 0.5) is 0 Å². The van der Waals surface area contributed by atoms with Crippen LogP contribution in [0.2, 0.25) is 0 Å². The molecular formula is C25H30O6. The molecule has 3 N–H and O–H groups in total. The number of carbonyl (C=O) groups excluding carboxylic acids is 2. The minimum absolute atomic E-state index is 0.0622. The number of hydrogen-bond acceptors (Lipinski definition) is 6. The van der Waals surface area contributed by atoms with E-state index in [-0.39, 0.29) is 11.1 Å². The molecule has 0 amide bonds. The predicted octanol–water partition coefficient (Wildman–Crippen LogP) is 5.37. The van der Waals surface area contributed by atoms with Crippen molar-refractivity contribution in [3.05, 3.63) is 47.0 Å². The van der Waals surface area contributed by atoms with Crippen LogP contribution < -0.4 is 4.74 Å². The van der Waals surface area contributed by atoms with Crippen LogP contribution in [0.25, 0.3) is 0 Å². The van der Waals surface area contributed by atoms with Crippen LogP contribution in [-0.4, -0.2) is 26.9 Å². The normalized spacial score (nSPS) is 15.6. The summed E-state index contributed by atoms with van der Waals surface area (Å²) in [4.78, 5) is 25.1. The number of unbranched alkanes of at least 4 members (excludes halogenated alkanes) is 7. The summed E-state index contributed by atoms with van der Waals surface area (Å²) in [6.07, 6.45) is 9.28. The molecule has 31 heavy (non-hydrogen) atoms. The summed E-state index contributed by atoms with van der Waals surface area (Å²) < 4.78 is 5.78. The molecule has 0 radical (unpaired) electrons. The molecule has 3 rings (SSSR count). The highest BCUT2D eigenvalue weighted by Crippen LogP contribution is 2.40. The molecule has 0 bridgehead atoms. The number of ether oxygens (including phenoxy) is 1. The third-order valence-corrected chi connectivity index (χ3v) is 5.72. The second-order valence-corrected chi connectivity index (χ2v) is 8.15. The lowest BCUT2D eigenvalue weighted by atomic mass is 9.93. The van der Waals surface area contributed by atoms with Gasteiger partial charge in [-0.1, -0.05) is 57.9 Å². The topological polar surface area (TPSA) is 104 Å². The minimum Gasteiger partial charge on any atom is -0.507 e. The predicted molar refractivity (Wildman–Crippen MR) is 117 cm³/mol. The van der Waals surface area contributed by atoms with Gasteiger partial charge in [0.2, 0.25) is 11.6 Å². The summed E-state index contributed by atoms with van der Waals surface area (Å²) in [5.41, 5.74) is 1.15. The van der Waals surface area contributed by atoms with E-state index in [1.54, 1.807) is 12.1 Å². The maximum Gasteiger partial charge on any atom is 0.248 e. The maximum absolute atomic E-state index is 12.6. The van der Waals surface area contributed by atoms with E-state index in [0.717, 1.165) is 37.0 Å². The summed E-state index contributed by atoms with van der Waals surface area (Å²) in [5, 5.41) is 29.3. The number of carbonyl (C=O) groups is 2. The van der Waals surface area contributed by atoms with Crippen molar-refractivity contribution in [1.29, 1.82) is 0 Å².